The molecule has 0 aliphatic carbocycles. The van der Waals surface area contributed by atoms with Crippen molar-refractivity contribution in [3.63, 3.8) is 0 Å². The van der Waals surface area contributed by atoms with Crippen molar-refractivity contribution in [1.29, 1.82) is 0 Å². The lowest BCUT2D eigenvalue weighted by Crippen LogP contribution is -2.49. The molecule has 0 radical (unpaired) electrons. The summed E-state index contributed by atoms with van der Waals surface area (Å²) in [5.41, 5.74) is 1.20. The highest BCUT2D eigenvalue weighted by atomic mass is 16.3. The number of aliphatic imine (C=N–C) groups is 1. The van der Waals surface area contributed by atoms with Gasteiger partial charge in [-0.05, 0) is 42.7 Å². The Morgan fingerprint density at radius 1 is 1.03 bits per heavy atom. The Hall–Kier alpha value is -3.28. The lowest BCUT2D eigenvalue weighted by molar-refractivity contribution is 0.458. The molecule has 0 atom stereocenters. The van der Waals surface area contributed by atoms with E-state index < -0.39 is 0 Å². The van der Waals surface area contributed by atoms with E-state index in [0.29, 0.717) is 12.6 Å². The van der Waals surface area contributed by atoms with Crippen LogP contribution in [0.25, 0.3) is 0 Å². The second-order valence-electron chi connectivity index (χ2n) is 7.50. The molecule has 0 amide bonds. The molecule has 1 aliphatic heterocycles. The Kier molecular flexibility index (Phi) is 6.99. The second-order valence-corrected chi connectivity index (χ2v) is 7.50. The molecule has 0 unspecified atom stereocenters. The maximum atomic E-state index is 5.44. The number of rotatable bonds is 7. The maximum absolute atomic E-state index is 5.44. The zero-order chi connectivity index (χ0) is 20.4. The Labute approximate surface area is 178 Å². The Morgan fingerprint density at radius 2 is 1.87 bits per heavy atom. The van der Waals surface area contributed by atoms with Gasteiger partial charge in [0.1, 0.15) is 11.6 Å². The monoisotopic (exact) mass is 403 g/mol. The number of guanidine groups is 1. The van der Waals surface area contributed by atoms with Crippen molar-refractivity contribution in [2.24, 2.45) is 4.99 Å². The van der Waals surface area contributed by atoms with Crippen LogP contribution in [0.3, 0.4) is 0 Å². The summed E-state index contributed by atoms with van der Waals surface area (Å²) in [5, 5.41) is 7.11. The number of hydrogen-bond donors (Lipinski definition) is 2. The van der Waals surface area contributed by atoms with Crippen molar-refractivity contribution in [2.75, 3.05) is 24.5 Å². The predicted octanol–water partition coefficient (Wildman–Crippen LogP) is 3.62. The van der Waals surface area contributed by atoms with E-state index in [4.69, 9.17) is 9.41 Å². The zero-order valence-corrected chi connectivity index (χ0v) is 17.2. The number of aromatic nitrogens is 1. The van der Waals surface area contributed by atoms with Crippen LogP contribution in [0.5, 0.6) is 0 Å². The van der Waals surface area contributed by atoms with Crippen molar-refractivity contribution >= 4 is 11.8 Å². The van der Waals surface area contributed by atoms with Gasteiger partial charge in [0.25, 0.3) is 0 Å². The van der Waals surface area contributed by atoms with E-state index in [1.165, 1.54) is 5.56 Å². The molecule has 30 heavy (non-hydrogen) atoms. The minimum atomic E-state index is 0.399. The van der Waals surface area contributed by atoms with Gasteiger partial charge >= 0.3 is 0 Å². The van der Waals surface area contributed by atoms with Crippen molar-refractivity contribution in [3.05, 3.63) is 84.4 Å². The van der Waals surface area contributed by atoms with Gasteiger partial charge in [0.15, 0.2) is 5.96 Å². The van der Waals surface area contributed by atoms with Crippen LogP contribution < -0.4 is 15.5 Å². The molecule has 0 bridgehead atoms. The number of nitrogens with one attached hydrogen (secondary N) is 2. The van der Waals surface area contributed by atoms with E-state index >= 15 is 0 Å². The smallest absolute Gasteiger partial charge is 0.191 e. The number of piperidine rings is 1. The highest BCUT2D eigenvalue weighted by Crippen LogP contribution is 2.17. The summed E-state index contributed by atoms with van der Waals surface area (Å²) in [5.74, 6) is 2.90. The van der Waals surface area contributed by atoms with Crippen LogP contribution in [0, 0.1) is 0 Å². The SMILES string of the molecule is c1ccc(CN=C(NCCc2ccco2)NC2CCN(c3ccccn3)CC2)cc1. The average molecular weight is 404 g/mol. The summed E-state index contributed by atoms with van der Waals surface area (Å²) in [6.07, 6.45) is 6.52. The topological polar surface area (TPSA) is 65.7 Å². The first-order chi connectivity index (χ1) is 14.9. The molecular formula is C24H29N5O. The predicted molar refractivity (Wildman–Crippen MR) is 121 cm³/mol. The number of nitrogens with zero attached hydrogens (tertiary/aromatic N) is 3. The number of benzene rings is 1. The van der Waals surface area contributed by atoms with E-state index in [0.717, 1.165) is 56.4 Å². The lowest BCUT2D eigenvalue weighted by atomic mass is 10.1. The van der Waals surface area contributed by atoms with Gasteiger partial charge in [0, 0.05) is 38.3 Å². The Morgan fingerprint density at radius 3 is 2.60 bits per heavy atom. The van der Waals surface area contributed by atoms with Gasteiger partial charge in [0.2, 0.25) is 0 Å². The average Bonchev–Trinajstić information content (AvgIpc) is 3.33. The largest absolute Gasteiger partial charge is 0.469 e. The van der Waals surface area contributed by atoms with Gasteiger partial charge in [-0.1, -0.05) is 36.4 Å². The highest BCUT2D eigenvalue weighted by Gasteiger charge is 2.20. The summed E-state index contributed by atoms with van der Waals surface area (Å²) < 4.78 is 5.44. The van der Waals surface area contributed by atoms with Crippen molar-refractivity contribution in [1.82, 2.24) is 15.6 Å². The van der Waals surface area contributed by atoms with E-state index in [9.17, 15) is 0 Å². The first-order valence-corrected chi connectivity index (χ1v) is 10.6. The van der Waals surface area contributed by atoms with Gasteiger partial charge in [-0.2, -0.15) is 0 Å². The van der Waals surface area contributed by atoms with E-state index in [2.05, 4.69) is 50.8 Å². The normalized spacial score (nSPS) is 15.2. The summed E-state index contributed by atoms with van der Waals surface area (Å²) in [6.45, 7) is 3.42. The van der Waals surface area contributed by atoms with Crippen LogP contribution in [0.4, 0.5) is 5.82 Å². The fourth-order valence-corrected chi connectivity index (χ4v) is 3.65. The maximum Gasteiger partial charge on any atom is 0.191 e. The molecule has 156 valence electrons. The van der Waals surface area contributed by atoms with Gasteiger partial charge in [-0.15, -0.1) is 0 Å². The van der Waals surface area contributed by atoms with Crippen LogP contribution in [0.15, 0.2) is 82.5 Å². The lowest BCUT2D eigenvalue weighted by Gasteiger charge is -2.33. The fourth-order valence-electron chi connectivity index (χ4n) is 3.65. The molecule has 1 aliphatic rings. The Bertz CT molecular complexity index is 888. The number of anilines is 1. The molecule has 0 saturated carbocycles. The quantitative estimate of drug-likeness (QED) is 0.466. The number of furan rings is 1. The third kappa shape index (κ3) is 5.86. The molecular weight excluding hydrogens is 374 g/mol. The summed E-state index contributed by atoms with van der Waals surface area (Å²) in [7, 11) is 0. The number of pyridine rings is 1. The molecule has 2 N–H and O–H groups in total. The molecule has 2 aromatic heterocycles. The van der Waals surface area contributed by atoms with Crippen LogP contribution in [0.1, 0.15) is 24.2 Å². The van der Waals surface area contributed by atoms with Crippen LogP contribution in [-0.4, -0.2) is 36.6 Å². The molecule has 3 aromatic rings. The van der Waals surface area contributed by atoms with E-state index in [1.807, 2.05) is 36.5 Å². The molecule has 4 rings (SSSR count). The zero-order valence-electron chi connectivity index (χ0n) is 17.2. The van der Waals surface area contributed by atoms with E-state index in [-0.39, 0.29) is 0 Å². The van der Waals surface area contributed by atoms with Crippen LogP contribution in [-0.2, 0) is 13.0 Å². The van der Waals surface area contributed by atoms with Gasteiger partial charge in [-0.25, -0.2) is 9.98 Å². The Balaban J connectivity index is 1.33. The third-order valence-electron chi connectivity index (χ3n) is 5.32. The minimum absolute atomic E-state index is 0.399. The fraction of sp³-hybridized carbons (Fsp3) is 0.333. The molecule has 0 spiro atoms. The van der Waals surface area contributed by atoms with Gasteiger partial charge in [0.05, 0.1) is 12.8 Å². The van der Waals surface area contributed by atoms with Gasteiger partial charge < -0.3 is 20.0 Å². The molecule has 6 nitrogen and oxygen atoms in total. The summed E-state index contributed by atoms with van der Waals surface area (Å²) in [6, 6.07) is 20.8. The third-order valence-corrected chi connectivity index (χ3v) is 5.32. The van der Waals surface area contributed by atoms with Gasteiger partial charge in [-0.3, -0.25) is 0 Å². The molecule has 6 heteroatoms. The van der Waals surface area contributed by atoms with Crippen LogP contribution in [0.2, 0.25) is 0 Å². The summed E-state index contributed by atoms with van der Waals surface area (Å²) >= 11 is 0. The molecule has 1 aromatic carbocycles. The molecule has 3 heterocycles. The highest BCUT2D eigenvalue weighted by molar-refractivity contribution is 5.80. The van der Waals surface area contributed by atoms with Crippen LogP contribution >= 0.6 is 0 Å². The first-order valence-electron chi connectivity index (χ1n) is 10.6. The number of hydrogen-bond acceptors (Lipinski definition) is 4. The van der Waals surface area contributed by atoms with Crippen molar-refractivity contribution < 1.29 is 4.42 Å². The first kappa shape index (κ1) is 20.0. The molecule has 1 fully saturated rings. The minimum Gasteiger partial charge on any atom is -0.469 e. The second kappa shape index (κ2) is 10.5. The molecule has 1 saturated heterocycles. The van der Waals surface area contributed by atoms with Crippen molar-refractivity contribution in [3.8, 4) is 0 Å². The van der Waals surface area contributed by atoms with E-state index in [1.54, 1.807) is 6.26 Å². The standard InChI is InChI=1S/C24H29N5O/c1-2-7-20(8-3-1)19-27-24(26-15-11-22-9-6-18-30-22)28-21-12-16-29(17-13-21)23-10-4-5-14-25-23/h1-10,14,18,21H,11-13,15-17,19H2,(H2,26,27,28). The summed E-state index contributed by atoms with van der Waals surface area (Å²) in [4.78, 5) is 11.6. The van der Waals surface area contributed by atoms with Crippen molar-refractivity contribution in [2.45, 2.75) is 31.8 Å².